The molecule has 0 nitrogen and oxygen atoms in total. The first-order chi connectivity index (χ1) is 6.41. The van der Waals surface area contributed by atoms with Crippen molar-refractivity contribution in [2.45, 2.75) is 58.8 Å². The summed E-state index contributed by atoms with van der Waals surface area (Å²) in [5.74, 6) is 0. The van der Waals surface area contributed by atoms with E-state index in [2.05, 4.69) is 13.8 Å². The SMILES string of the molecule is CCCCCC[P][P]CCCCC. The van der Waals surface area contributed by atoms with E-state index >= 15 is 0 Å². The summed E-state index contributed by atoms with van der Waals surface area (Å²) in [6.45, 7) is 4.56. The molecule has 0 aromatic heterocycles. The van der Waals surface area contributed by atoms with Crippen LogP contribution in [0.2, 0.25) is 0 Å². The predicted octanol–water partition coefficient (Wildman–Crippen LogP) is 5.56. The van der Waals surface area contributed by atoms with Crippen molar-refractivity contribution in [3.8, 4) is 0 Å². The number of rotatable bonds is 10. The third kappa shape index (κ3) is 12.9. The van der Waals surface area contributed by atoms with Crippen molar-refractivity contribution >= 4 is 16.5 Å². The van der Waals surface area contributed by atoms with Crippen LogP contribution in [0.3, 0.4) is 0 Å². The first kappa shape index (κ1) is 13.9. The molecule has 0 spiro atoms. The van der Waals surface area contributed by atoms with Gasteiger partial charge >= 0.3 is 0 Å². The van der Waals surface area contributed by atoms with Crippen molar-refractivity contribution in [3.05, 3.63) is 0 Å². The first-order valence-corrected chi connectivity index (χ1v) is 8.61. The zero-order valence-electron chi connectivity index (χ0n) is 9.26. The second-order valence-electron chi connectivity index (χ2n) is 3.50. The summed E-state index contributed by atoms with van der Waals surface area (Å²) in [6.07, 6.45) is 12.8. The van der Waals surface area contributed by atoms with Gasteiger partial charge < -0.3 is 0 Å². The molecule has 0 amide bonds. The highest BCUT2D eigenvalue weighted by atomic mass is 32.0. The van der Waals surface area contributed by atoms with Crippen LogP contribution in [0.15, 0.2) is 0 Å². The van der Waals surface area contributed by atoms with E-state index < -0.39 is 0 Å². The molecular formula is C11H24P2. The molecule has 0 aromatic carbocycles. The molecule has 0 aliphatic rings. The average Bonchev–Trinajstić information content (AvgIpc) is 2.16. The van der Waals surface area contributed by atoms with Crippen molar-refractivity contribution in [2.24, 2.45) is 0 Å². The van der Waals surface area contributed by atoms with Crippen molar-refractivity contribution < 1.29 is 0 Å². The summed E-state index contributed by atoms with van der Waals surface area (Å²) in [5.41, 5.74) is 0. The van der Waals surface area contributed by atoms with Gasteiger partial charge in [-0.05, 0) is 41.7 Å². The third-order valence-electron chi connectivity index (χ3n) is 2.07. The van der Waals surface area contributed by atoms with Gasteiger partial charge in [-0.1, -0.05) is 46.0 Å². The largest absolute Gasteiger partial charge is 0.0654 e. The zero-order valence-corrected chi connectivity index (χ0v) is 11.0. The van der Waals surface area contributed by atoms with Gasteiger partial charge in [0, 0.05) is 0 Å². The van der Waals surface area contributed by atoms with Gasteiger partial charge in [0.2, 0.25) is 0 Å². The normalized spacial score (nSPS) is 12.5. The molecule has 0 saturated carbocycles. The number of unbranched alkanes of at least 4 members (excludes halogenated alkanes) is 5. The van der Waals surface area contributed by atoms with Crippen LogP contribution in [-0.2, 0) is 0 Å². The van der Waals surface area contributed by atoms with E-state index in [0.29, 0.717) is 0 Å². The fraction of sp³-hybridized carbons (Fsp3) is 1.00. The second kappa shape index (κ2) is 12.9. The second-order valence-corrected chi connectivity index (χ2v) is 6.65. The summed E-state index contributed by atoms with van der Waals surface area (Å²) in [7, 11) is 3.35. The lowest BCUT2D eigenvalue weighted by atomic mass is 10.2. The Kier molecular flexibility index (Phi) is 13.7. The molecule has 2 heteroatoms. The fourth-order valence-electron chi connectivity index (χ4n) is 1.18. The van der Waals surface area contributed by atoms with E-state index in [1.807, 2.05) is 0 Å². The minimum atomic E-state index is 1.36. The molecular weight excluding hydrogens is 194 g/mol. The zero-order chi connectivity index (χ0) is 9.78. The Bertz CT molecular complexity index is 74.2. The van der Waals surface area contributed by atoms with E-state index in [-0.39, 0.29) is 0 Å². The maximum atomic E-state index is 2.28. The first-order valence-electron chi connectivity index (χ1n) is 5.75. The highest BCUT2D eigenvalue weighted by molar-refractivity contribution is 8.11. The monoisotopic (exact) mass is 218 g/mol. The van der Waals surface area contributed by atoms with Crippen LogP contribution in [0, 0.1) is 0 Å². The van der Waals surface area contributed by atoms with Gasteiger partial charge in [0.25, 0.3) is 0 Å². The Balaban J connectivity index is 2.76. The van der Waals surface area contributed by atoms with E-state index in [9.17, 15) is 0 Å². The molecule has 13 heavy (non-hydrogen) atoms. The summed E-state index contributed by atoms with van der Waals surface area (Å²) < 4.78 is 0. The molecule has 0 N–H and O–H groups in total. The Morgan fingerprint density at radius 3 is 1.62 bits per heavy atom. The maximum Gasteiger partial charge on any atom is -0.0242 e. The van der Waals surface area contributed by atoms with Crippen LogP contribution in [0.5, 0.6) is 0 Å². The maximum absolute atomic E-state index is 2.28. The third-order valence-corrected chi connectivity index (χ3v) is 5.11. The van der Waals surface area contributed by atoms with E-state index in [0.717, 1.165) is 0 Å². The average molecular weight is 218 g/mol. The number of hydrogen-bond donors (Lipinski definition) is 0. The summed E-state index contributed by atoms with van der Waals surface area (Å²) in [4.78, 5) is 0. The van der Waals surface area contributed by atoms with E-state index in [4.69, 9.17) is 0 Å². The van der Waals surface area contributed by atoms with Gasteiger partial charge in [-0.2, -0.15) is 0 Å². The summed E-state index contributed by atoms with van der Waals surface area (Å²) in [6, 6.07) is 0. The summed E-state index contributed by atoms with van der Waals surface area (Å²) in [5, 5.41) is 0. The molecule has 0 rings (SSSR count). The topological polar surface area (TPSA) is 0 Å². The Labute approximate surface area is 88.1 Å². The molecule has 0 heterocycles. The molecule has 78 valence electrons. The van der Waals surface area contributed by atoms with E-state index in [1.54, 1.807) is 16.5 Å². The van der Waals surface area contributed by atoms with Crippen LogP contribution in [0.25, 0.3) is 0 Å². The standard InChI is InChI=1S/C11H24P2/c1-3-5-7-9-11-13-12-10-8-6-4-2/h3-11H2,1-2H3. The lowest BCUT2D eigenvalue weighted by Gasteiger charge is -1.99. The molecule has 0 aliphatic heterocycles. The predicted molar refractivity (Wildman–Crippen MR) is 67.2 cm³/mol. The van der Waals surface area contributed by atoms with Crippen LogP contribution in [0.4, 0.5) is 0 Å². The molecule has 0 aromatic rings. The minimum Gasteiger partial charge on any atom is -0.0654 e. The Hall–Kier alpha value is 0.860. The van der Waals surface area contributed by atoms with Gasteiger partial charge in [-0.3, -0.25) is 0 Å². The van der Waals surface area contributed by atoms with E-state index in [1.165, 1.54) is 57.3 Å². The molecule has 0 fully saturated rings. The summed E-state index contributed by atoms with van der Waals surface area (Å²) >= 11 is 0. The minimum absolute atomic E-state index is 1.36. The van der Waals surface area contributed by atoms with Crippen LogP contribution in [0.1, 0.15) is 58.8 Å². The quantitative estimate of drug-likeness (QED) is 0.332. The lowest BCUT2D eigenvalue weighted by molar-refractivity contribution is 0.706. The lowest BCUT2D eigenvalue weighted by Crippen LogP contribution is -1.78. The molecule has 0 unspecified atom stereocenters. The highest BCUT2D eigenvalue weighted by Crippen LogP contribution is 2.38. The van der Waals surface area contributed by atoms with Crippen LogP contribution < -0.4 is 0 Å². The van der Waals surface area contributed by atoms with Crippen molar-refractivity contribution in [3.63, 3.8) is 0 Å². The van der Waals surface area contributed by atoms with Crippen molar-refractivity contribution in [2.75, 3.05) is 12.3 Å². The fourth-order valence-corrected chi connectivity index (χ4v) is 3.89. The Morgan fingerprint density at radius 2 is 1.08 bits per heavy atom. The molecule has 0 bridgehead atoms. The van der Waals surface area contributed by atoms with Gasteiger partial charge in [0.05, 0.1) is 0 Å². The van der Waals surface area contributed by atoms with Gasteiger partial charge in [-0.25, -0.2) is 0 Å². The molecule has 0 aliphatic carbocycles. The van der Waals surface area contributed by atoms with Crippen LogP contribution in [-0.4, -0.2) is 12.3 Å². The highest BCUT2D eigenvalue weighted by Gasteiger charge is 1.91. The van der Waals surface area contributed by atoms with Gasteiger partial charge in [0.1, 0.15) is 0 Å². The number of hydrogen-bond acceptors (Lipinski definition) is 0. The van der Waals surface area contributed by atoms with Crippen molar-refractivity contribution in [1.82, 2.24) is 0 Å². The molecule has 0 saturated heterocycles. The smallest absolute Gasteiger partial charge is 0.0242 e. The van der Waals surface area contributed by atoms with Crippen LogP contribution >= 0.6 is 16.5 Å². The van der Waals surface area contributed by atoms with Gasteiger partial charge in [-0.15, -0.1) is 0 Å². The Morgan fingerprint density at radius 1 is 0.615 bits per heavy atom. The molecule has 0 atom stereocenters. The van der Waals surface area contributed by atoms with Gasteiger partial charge in [0.15, 0.2) is 0 Å². The molecule has 2 radical (unpaired) electrons. The van der Waals surface area contributed by atoms with Crippen molar-refractivity contribution in [1.29, 1.82) is 0 Å².